The number of rotatable bonds is 13. The minimum absolute atomic E-state index is 0.0521. The number of carbonyl (C=O) groups excluding carboxylic acids is 5. The summed E-state index contributed by atoms with van der Waals surface area (Å²) in [4.78, 5) is 81.4. The molecule has 10 rings (SSSR count). The van der Waals surface area contributed by atoms with Gasteiger partial charge in [0.2, 0.25) is 11.8 Å². The molecule has 1 spiro atoms. The van der Waals surface area contributed by atoms with Crippen molar-refractivity contribution in [3.8, 4) is 5.75 Å². The van der Waals surface area contributed by atoms with Crippen LogP contribution >= 0.6 is 11.8 Å². The zero-order valence-electron chi connectivity index (χ0n) is 38.7. The maximum Gasteiger partial charge on any atom is 0.272 e. The van der Waals surface area contributed by atoms with Crippen LogP contribution in [0, 0.1) is 5.41 Å². The number of benzene rings is 3. The van der Waals surface area contributed by atoms with E-state index in [4.69, 9.17) is 20.2 Å². The molecule has 70 heavy (non-hydrogen) atoms. The van der Waals surface area contributed by atoms with Gasteiger partial charge in [0.15, 0.2) is 18.1 Å². The molecule has 0 radical (unpaired) electrons. The lowest BCUT2D eigenvalue weighted by molar-refractivity contribution is -0.137. The first-order valence-electron chi connectivity index (χ1n) is 23.6. The lowest BCUT2D eigenvalue weighted by Crippen LogP contribution is -2.52. The van der Waals surface area contributed by atoms with Crippen LogP contribution in [-0.4, -0.2) is 125 Å². The third-order valence-corrected chi connectivity index (χ3v) is 14.9. The van der Waals surface area contributed by atoms with E-state index in [0.29, 0.717) is 42.3 Å². The molecule has 0 aliphatic carbocycles. The number of piperazine rings is 1. The van der Waals surface area contributed by atoms with E-state index in [1.165, 1.54) is 16.7 Å². The summed E-state index contributed by atoms with van der Waals surface area (Å²) in [6, 6.07) is 23.4. The highest BCUT2D eigenvalue weighted by molar-refractivity contribution is 7.99. The molecule has 20 heteroatoms. The minimum atomic E-state index is -0.688. The molecule has 2 aromatic heterocycles. The van der Waals surface area contributed by atoms with Crippen LogP contribution in [0.1, 0.15) is 64.6 Å². The van der Waals surface area contributed by atoms with Gasteiger partial charge in [-0.15, -0.1) is 10.2 Å². The number of anilines is 4. The molecule has 4 saturated heterocycles. The molecule has 4 fully saturated rings. The normalized spacial score (nSPS) is 20.9. The lowest BCUT2D eigenvalue weighted by Gasteiger charge is -2.41. The van der Waals surface area contributed by atoms with Crippen LogP contribution in [0.4, 0.5) is 23.0 Å². The van der Waals surface area contributed by atoms with E-state index >= 15 is 0 Å². The van der Waals surface area contributed by atoms with Crippen LogP contribution in [0.2, 0.25) is 0 Å². The van der Waals surface area contributed by atoms with Crippen molar-refractivity contribution in [2.24, 2.45) is 11.1 Å². The molecule has 7 heterocycles. The summed E-state index contributed by atoms with van der Waals surface area (Å²) in [6.07, 6.45) is 6.14. The second-order valence-electron chi connectivity index (χ2n) is 18.4. The number of aromatic nitrogens is 4. The van der Waals surface area contributed by atoms with E-state index in [-0.39, 0.29) is 73.0 Å². The van der Waals surface area contributed by atoms with E-state index in [1.54, 1.807) is 30.5 Å². The predicted octanol–water partition coefficient (Wildman–Crippen LogP) is 3.79. The zero-order chi connectivity index (χ0) is 48.4. The summed E-state index contributed by atoms with van der Waals surface area (Å²) in [7, 11) is 0. The monoisotopic (exact) mass is 966 g/mol. The average Bonchev–Trinajstić information content (AvgIpc) is 3.85. The topological polar surface area (TPSA) is 230 Å². The van der Waals surface area contributed by atoms with Gasteiger partial charge in [-0.3, -0.25) is 29.3 Å². The van der Waals surface area contributed by atoms with E-state index in [0.717, 1.165) is 78.2 Å². The molecule has 5 N–H and O–H groups in total. The number of imide groups is 1. The van der Waals surface area contributed by atoms with Crippen molar-refractivity contribution in [1.82, 2.24) is 35.7 Å². The van der Waals surface area contributed by atoms with Gasteiger partial charge in [0.1, 0.15) is 22.6 Å². The molecule has 0 saturated carbocycles. The first kappa shape index (κ1) is 46.6. The van der Waals surface area contributed by atoms with Gasteiger partial charge in [0.25, 0.3) is 17.7 Å². The van der Waals surface area contributed by atoms with Crippen LogP contribution in [0.3, 0.4) is 0 Å². The van der Waals surface area contributed by atoms with Crippen LogP contribution in [0.25, 0.3) is 0 Å². The van der Waals surface area contributed by atoms with E-state index in [9.17, 15) is 24.0 Å². The predicted molar refractivity (Wildman–Crippen MR) is 261 cm³/mol. The first-order valence-corrected chi connectivity index (χ1v) is 24.4. The van der Waals surface area contributed by atoms with Gasteiger partial charge in [-0.25, -0.2) is 9.97 Å². The Morgan fingerprint density at radius 1 is 0.886 bits per heavy atom. The molecule has 1 unspecified atom stereocenters. The van der Waals surface area contributed by atoms with Crippen molar-refractivity contribution < 1.29 is 33.4 Å². The number of nitrogens with two attached hydrogens (primary N) is 1. The number of carbonyl (C=O) groups is 5. The Bertz CT molecular complexity index is 2770. The molecule has 5 aromatic rings. The summed E-state index contributed by atoms with van der Waals surface area (Å²) in [5.41, 5.74) is 10.5. The molecule has 5 aliphatic rings. The second-order valence-corrected chi connectivity index (χ2v) is 19.5. The van der Waals surface area contributed by atoms with Crippen LogP contribution in [0.5, 0.6) is 5.75 Å². The van der Waals surface area contributed by atoms with Crippen molar-refractivity contribution in [3.05, 3.63) is 114 Å². The highest BCUT2D eigenvalue weighted by Gasteiger charge is 2.47. The molecule has 5 aliphatic heterocycles. The fourth-order valence-electron chi connectivity index (χ4n) is 9.86. The number of piperidine rings is 2. The number of ether oxygens (including phenoxy) is 2. The van der Waals surface area contributed by atoms with E-state index < -0.39 is 11.9 Å². The summed E-state index contributed by atoms with van der Waals surface area (Å²) in [5, 5.41) is 17.4. The highest BCUT2D eigenvalue weighted by Crippen LogP contribution is 2.42. The Labute approximate surface area is 408 Å². The Hall–Kier alpha value is -7.16. The smallest absolute Gasteiger partial charge is 0.272 e. The van der Waals surface area contributed by atoms with Crippen LogP contribution in [0.15, 0.2) is 101 Å². The van der Waals surface area contributed by atoms with Crippen LogP contribution in [-0.2, 0) is 32.2 Å². The quantitative estimate of drug-likeness (QED) is 0.123. The Morgan fingerprint density at radius 3 is 2.39 bits per heavy atom. The number of fused-ring (bicyclic) bond motifs is 1. The van der Waals surface area contributed by atoms with Gasteiger partial charge in [-0.05, 0) is 98.0 Å². The average molecular weight is 967 g/mol. The van der Waals surface area contributed by atoms with Gasteiger partial charge in [0, 0.05) is 92.1 Å². The third kappa shape index (κ3) is 10.1. The van der Waals surface area contributed by atoms with Crippen molar-refractivity contribution in [1.29, 1.82) is 0 Å². The fourth-order valence-corrected chi connectivity index (χ4v) is 10.6. The lowest BCUT2D eigenvalue weighted by atomic mass is 9.73. The minimum Gasteiger partial charge on any atom is -0.484 e. The van der Waals surface area contributed by atoms with Gasteiger partial charge < -0.3 is 45.4 Å². The molecule has 5 amide bonds. The van der Waals surface area contributed by atoms with Gasteiger partial charge in [0.05, 0.1) is 25.1 Å². The maximum absolute atomic E-state index is 13.0. The van der Waals surface area contributed by atoms with Crippen molar-refractivity contribution in [2.45, 2.75) is 73.8 Å². The molecular formula is C50H54N12O7S. The Morgan fingerprint density at radius 2 is 1.67 bits per heavy atom. The maximum atomic E-state index is 13.0. The van der Waals surface area contributed by atoms with E-state index in [1.807, 2.05) is 60.8 Å². The summed E-state index contributed by atoms with van der Waals surface area (Å²) < 4.78 is 11.7. The molecule has 0 bridgehead atoms. The Kier molecular flexibility index (Phi) is 13.3. The molecular weight excluding hydrogens is 913 g/mol. The second kappa shape index (κ2) is 20.1. The number of amides is 5. The summed E-state index contributed by atoms with van der Waals surface area (Å²) in [5.74, 6) is 0.426. The van der Waals surface area contributed by atoms with Gasteiger partial charge in [-0.1, -0.05) is 30.0 Å². The molecule has 3 atom stereocenters. The third-order valence-electron chi connectivity index (χ3n) is 14.0. The van der Waals surface area contributed by atoms with Crippen molar-refractivity contribution >= 4 is 64.3 Å². The summed E-state index contributed by atoms with van der Waals surface area (Å²) >= 11 is 1.48. The van der Waals surface area contributed by atoms with Crippen molar-refractivity contribution in [3.63, 3.8) is 0 Å². The largest absolute Gasteiger partial charge is 0.484 e. The van der Waals surface area contributed by atoms with E-state index in [2.05, 4.69) is 52.8 Å². The molecule has 19 nitrogen and oxygen atoms in total. The highest BCUT2D eigenvalue weighted by atomic mass is 32.2. The standard InChI is InChI=1S/C50H54N12O7S/c1-31-46(51)50(30-69-31)15-17-60(18-16-50)42-26-53-45(27-52-42)70-37-4-2-3-34(24-37)55-44(64)29-68-36-8-6-35(7-9-36)59-19-21-61(22-20-59)41-13-11-39(57-58-41)47(65)54-25-32-5-10-38-33(23-32)28-62(49(38)67)40-12-14-43(63)56-48(40)66/h2-11,13,23-24,26-27,31,40,46H,12,14-22,25,28-30,51H2,1H3,(H,54,65)(H,55,64)(H,56,63,66)/t31-,40?,46+/m0/s1. The van der Waals surface area contributed by atoms with Gasteiger partial charge in [-0.2, -0.15) is 0 Å². The first-order chi connectivity index (χ1) is 34.0. The molecule has 362 valence electrons. The number of nitrogens with zero attached hydrogens (tertiary/aromatic N) is 8. The molecule has 3 aromatic carbocycles. The van der Waals surface area contributed by atoms with Crippen LogP contribution < -0.4 is 41.1 Å². The number of hydrogen-bond acceptors (Lipinski definition) is 16. The summed E-state index contributed by atoms with van der Waals surface area (Å²) in [6.45, 7) is 7.73. The Balaban J connectivity index is 0.635. The fraction of sp³-hybridized carbons (Fsp3) is 0.380. The zero-order valence-corrected chi connectivity index (χ0v) is 39.5. The number of hydrogen-bond donors (Lipinski definition) is 4. The number of nitrogens with one attached hydrogen (secondary N) is 3. The SMILES string of the molecule is C[C@@H]1OCC2(CCN(c3cnc(Sc4cccc(NC(=O)COc5ccc(N6CCN(c7ccc(C(=O)NCc8ccc9c(c8)CN(C8CCC(=O)NC8=O)C9=O)nn7)CC6)cc5)c4)cn3)CC2)[C@@H]1N. The van der Waals surface area contributed by atoms with Gasteiger partial charge >= 0.3 is 0 Å². The van der Waals surface area contributed by atoms with Crippen molar-refractivity contribution in [2.75, 3.05) is 72.5 Å².